The lowest BCUT2D eigenvalue weighted by Crippen LogP contribution is -2.50. The highest BCUT2D eigenvalue weighted by atomic mass is 35.5. The highest BCUT2D eigenvalue weighted by Crippen LogP contribution is 2.30. The number of sulfonamides is 1. The number of benzene rings is 2. The van der Waals surface area contributed by atoms with Crippen molar-refractivity contribution in [3.63, 3.8) is 0 Å². The van der Waals surface area contributed by atoms with Gasteiger partial charge in [0.2, 0.25) is 15.9 Å². The van der Waals surface area contributed by atoms with Crippen molar-refractivity contribution in [1.82, 2.24) is 9.21 Å². The third-order valence-corrected chi connectivity index (χ3v) is 7.91. The van der Waals surface area contributed by atoms with Crippen LogP contribution in [0.1, 0.15) is 29.3 Å². The third-order valence-electron chi connectivity index (χ3n) is 5.79. The largest absolute Gasteiger partial charge is 0.336 e. The molecule has 7 nitrogen and oxygen atoms in total. The van der Waals surface area contributed by atoms with Gasteiger partial charge in [-0.05, 0) is 48.4 Å². The lowest BCUT2D eigenvalue weighted by atomic mass is 10.1. The van der Waals surface area contributed by atoms with Crippen LogP contribution in [-0.2, 0) is 21.2 Å². The van der Waals surface area contributed by atoms with Crippen LogP contribution in [-0.4, -0.2) is 62.2 Å². The SMILES string of the molecule is CCC(=O)N1CCc2cc(C(=O)N3CCN(S(=O)(=O)c4cccc(Cl)c4)CC3)ccc21. The molecule has 0 radical (unpaired) electrons. The Balaban J connectivity index is 1.44. The van der Waals surface area contributed by atoms with E-state index in [1.165, 1.54) is 16.4 Å². The van der Waals surface area contributed by atoms with Gasteiger partial charge < -0.3 is 9.80 Å². The molecule has 0 aliphatic carbocycles. The second kappa shape index (κ2) is 8.61. The maximum absolute atomic E-state index is 13.0. The molecule has 0 N–H and O–H groups in total. The molecule has 2 aromatic carbocycles. The van der Waals surface area contributed by atoms with Crippen molar-refractivity contribution in [3.8, 4) is 0 Å². The van der Waals surface area contributed by atoms with Crippen molar-refractivity contribution in [2.24, 2.45) is 0 Å². The van der Waals surface area contributed by atoms with Gasteiger partial charge in [-0.2, -0.15) is 4.31 Å². The molecule has 2 aliphatic rings. The number of fused-ring (bicyclic) bond motifs is 1. The van der Waals surface area contributed by atoms with Crippen molar-refractivity contribution < 1.29 is 18.0 Å². The Labute approximate surface area is 187 Å². The molecule has 2 aromatic rings. The van der Waals surface area contributed by atoms with E-state index in [-0.39, 0.29) is 29.8 Å². The number of carbonyl (C=O) groups is 2. The van der Waals surface area contributed by atoms with Gasteiger partial charge in [0.1, 0.15) is 0 Å². The van der Waals surface area contributed by atoms with Crippen molar-refractivity contribution in [3.05, 3.63) is 58.6 Å². The summed E-state index contributed by atoms with van der Waals surface area (Å²) in [5.74, 6) is -0.0438. The van der Waals surface area contributed by atoms with Gasteiger partial charge in [0.25, 0.3) is 5.91 Å². The predicted molar refractivity (Wildman–Crippen MR) is 119 cm³/mol. The van der Waals surface area contributed by atoms with Gasteiger partial charge in [0.05, 0.1) is 4.90 Å². The van der Waals surface area contributed by atoms with E-state index >= 15 is 0 Å². The number of rotatable bonds is 4. The summed E-state index contributed by atoms with van der Waals surface area (Å²) in [7, 11) is -3.65. The average molecular weight is 462 g/mol. The van der Waals surface area contributed by atoms with Gasteiger partial charge in [-0.3, -0.25) is 9.59 Å². The van der Waals surface area contributed by atoms with Crippen molar-refractivity contribution in [2.45, 2.75) is 24.7 Å². The molecule has 4 rings (SSSR count). The number of piperazine rings is 1. The van der Waals surface area contributed by atoms with Crippen LogP contribution in [0.2, 0.25) is 5.02 Å². The lowest BCUT2D eigenvalue weighted by Gasteiger charge is -2.34. The smallest absolute Gasteiger partial charge is 0.253 e. The maximum atomic E-state index is 13.0. The zero-order valence-corrected chi connectivity index (χ0v) is 18.8. The Kier molecular flexibility index (Phi) is 6.05. The summed E-state index contributed by atoms with van der Waals surface area (Å²) in [6, 6.07) is 11.6. The normalized spacial score (nSPS) is 17.0. The van der Waals surface area contributed by atoms with Crippen LogP contribution in [0.4, 0.5) is 5.69 Å². The number of halogens is 1. The van der Waals surface area contributed by atoms with E-state index in [4.69, 9.17) is 11.6 Å². The number of hydrogen-bond donors (Lipinski definition) is 0. The molecule has 2 aliphatic heterocycles. The molecule has 2 heterocycles. The molecule has 1 saturated heterocycles. The predicted octanol–water partition coefficient (Wildman–Crippen LogP) is 2.79. The van der Waals surface area contributed by atoms with Crippen molar-refractivity contribution in [2.75, 3.05) is 37.6 Å². The van der Waals surface area contributed by atoms with E-state index < -0.39 is 10.0 Å². The summed E-state index contributed by atoms with van der Waals surface area (Å²) in [5, 5.41) is 0.366. The second-order valence-corrected chi connectivity index (χ2v) is 10.0. The summed E-state index contributed by atoms with van der Waals surface area (Å²) in [5.41, 5.74) is 2.44. The van der Waals surface area contributed by atoms with E-state index in [0.717, 1.165) is 17.7 Å². The maximum Gasteiger partial charge on any atom is 0.253 e. The van der Waals surface area contributed by atoms with E-state index in [1.54, 1.807) is 28.0 Å². The fourth-order valence-electron chi connectivity index (χ4n) is 4.08. The van der Waals surface area contributed by atoms with Gasteiger partial charge >= 0.3 is 0 Å². The fraction of sp³-hybridized carbons (Fsp3) is 0.364. The van der Waals surface area contributed by atoms with Gasteiger partial charge in [-0.1, -0.05) is 24.6 Å². The Morgan fingerprint density at radius 3 is 2.42 bits per heavy atom. The van der Waals surface area contributed by atoms with Crippen LogP contribution in [0.15, 0.2) is 47.4 Å². The van der Waals surface area contributed by atoms with Crippen LogP contribution >= 0.6 is 11.6 Å². The van der Waals surface area contributed by atoms with E-state index in [1.807, 2.05) is 19.1 Å². The minimum atomic E-state index is -3.65. The minimum Gasteiger partial charge on any atom is -0.336 e. The molecule has 31 heavy (non-hydrogen) atoms. The summed E-state index contributed by atoms with van der Waals surface area (Å²) in [6.45, 7) is 3.56. The fourth-order valence-corrected chi connectivity index (χ4v) is 5.80. The summed E-state index contributed by atoms with van der Waals surface area (Å²) >= 11 is 5.94. The number of nitrogens with zero attached hydrogens (tertiary/aromatic N) is 3. The minimum absolute atomic E-state index is 0.0786. The first-order valence-electron chi connectivity index (χ1n) is 10.3. The molecule has 0 spiro atoms. The lowest BCUT2D eigenvalue weighted by molar-refractivity contribution is -0.118. The Morgan fingerprint density at radius 1 is 1.00 bits per heavy atom. The molecule has 1 fully saturated rings. The molecular weight excluding hydrogens is 438 g/mol. The quantitative estimate of drug-likeness (QED) is 0.701. The molecule has 0 bridgehead atoms. The first kappa shape index (κ1) is 21.8. The van der Waals surface area contributed by atoms with E-state index in [2.05, 4.69) is 0 Å². The molecule has 0 aromatic heterocycles. The Hall–Kier alpha value is -2.42. The first-order valence-corrected chi connectivity index (χ1v) is 12.1. The summed E-state index contributed by atoms with van der Waals surface area (Å²) < 4.78 is 27.1. The van der Waals surface area contributed by atoms with Crippen LogP contribution < -0.4 is 4.90 Å². The van der Waals surface area contributed by atoms with Crippen LogP contribution in [0.25, 0.3) is 0 Å². The van der Waals surface area contributed by atoms with E-state index in [0.29, 0.717) is 36.6 Å². The van der Waals surface area contributed by atoms with Gasteiger partial charge in [0.15, 0.2) is 0 Å². The third kappa shape index (κ3) is 4.20. The van der Waals surface area contributed by atoms with Crippen molar-refractivity contribution >= 4 is 39.1 Å². The standard InChI is InChI=1S/C22H24ClN3O4S/c1-2-21(27)26-9-8-16-14-17(6-7-20(16)26)22(28)24-10-12-25(13-11-24)31(29,30)19-5-3-4-18(23)15-19/h3-7,14-15H,2,8-13H2,1H3. The first-order chi connectivity index (χ1) is 14.8. The highest BCUT2D eigenvalue weighted by molar-refractivity contribution is 7.89. The molecule has 0 unspecified atom stereocenters. The summed E-state index contributed by atoms with van der Waals surface area (Å²) in [4.78, 5) is 28.7. The molecule has 0 saturated carbocycles. The van der Waals surface area contributed by atoms with Crippen molar-refractivity contribution in [1.29, 1.82) is 0 Å². The molecule has 164 valence electrons. The summed E-state index contributed by atoms with van der Waals surface area (Å²) in [6.07, 6.45) is 1.18. The second-order valence-electron chi connectivity index (χ2n) is 7.65. The highest BCUT2D eigenvalue weighted by Gasteiger charge is 2.31. The van der Waals surface area contributed by atoms with Gasteiger partial charge in [-0.15, -0.1) is 0 Å². The van der Waals surface area contributed by atoms with Gasteiger partial charge in [0, 0.05) is 55.4 Å². The zero-order chi connectivity index (χ0) is 22.2. The van der Waals surface area contributed by atoms with Crippen LogP contribution in [0, 0.1) is 0 Å². The van der Waals surface area contributed by atoms with Gasteiger partial charge in [-0.25, -0.2) is 8.42 Å². The molecule has 9 heteroatoms. The average Bonchev–Trinajstić information content (AvgIpc) is 3.21. The number of hydrogen-bond acceptors (Lipinski definition) is 4. The molecule has 2 amide bonds. The van der Waals surface area contributed by atoms with E-state index in [9.17, 15) is 18.0 Å². The Morgan fingerprint density at radius 2 is 1.74 bits per heavy atom. The molecular formula is C22H24ClN3O4S. The topological polar surface area (TPSA) is 78.0 Å². The number of carbonyl (C=O) groups excluding carboxylic acids is 2. The number of anilines is 1. The zero-order valence-electron chi connectivity index (χ0n) is 17.3. The van der Waals surface area contributed by atoms with Crippen LogP contribution in [0.5, 0.6) is 0 Å². The Bertz CT molecular complexity index is 1130. The molecule has 0 atom stereocenters. The monoisotopic (exact) mass is 461 g/mol. The number of amides is 2. The van der Waals surface area contributed by atoms with Crippen LogP contribution in [0.3, 0.4) is 0 Å².